The maximum Gasteiger partial charge on any atom is 0.242 e. The van der Waals surface area contributed by atoms with E-state index in [1.165, 1.54) is 38.5 Å². The van der Waals surface area contributed by atoms with Crippen LogP contribution in [0.5, 0.6) is 0 Å². The second-order valence-electron chi connectivity index (χ2n) is 5.21. The average molecular weight is 256 g/mol. The largest absolute Gasteiger partial charge is 0.350 e. The van der Waals surface area contributed by atoms with Gasteiger partial charge in [-0.1, -0.05) is 56.0 Å². The summed E-state index contributed by atoms with van der Waals surface area (Å²) in [5.74, 6) is 1.56. The number of H-pyrrole nitrogens is 1. The van der Waals surface area contributed by atoms with Crippen LogP contribution in [0.3, 0.4) is 0 Å². The molecule has 0 aliphatic heterocycles. The third-order valence-electron chi connectivity index (χ3n) is 3.72. The third-order valence-corrected chi connectivity index (χ3v) is 3.72. The molecule has 3 rings (SSSR count). The molecule has 1 aliphatic rings. The topological polar surface area (TPSA) is 53.6 Å². The molecule has 19 heavy (non-hydrogen) atoms. The number of hydrogen-bond donors (Lipinski definition) is 2. The van der Waals surface area contributed by atoms with Crippen molar-refractivity contribution >= 4 is 5.95 Å². The first-order valence-electron chi connectivity index (χ1n) is 7.16. The van der Waals surface area contributed by atoms with Crippen molar-refractivity contribution in [3.8, 4) is 11.4 Å². The van der Waals surface area contributed by atoms with Gasteiger partial charge in [-0.2, -0.15) is 4.98 Å². The summed E-state index contributed by atoms with van der Waals surface area (Å²) >= 11 is 0. The molecule has 0 atom stereocenters. The van der Waals surface area contributed by atoms with Crippen LogP contribution in [0.1, 0.15) is 38.5 Å². The standard InChI is InChI=1S/C15H20N4/c1-2-7-11-13(10-6-1)16-15-17-14(18-19-15)12-8-4-3-5-9-12/h3-5,8-9,13H,1-2,6-7,10-11H2,(H2,16,17,18,19). The lowest BCUT2D eigenvalue weighted by atomic mass is 10.1. The molecule has 2 aromatic rings. The van der Waals surface area contributed by atoms with E-state index in [4.69, 9.17) is 0 Å². The summed E-state index contributed by atoms with van der Waals surface area (Å²) in [5, 5.41) is 10.7. The van der Waals surface area contributed by atoms with Crippen molar-refractivity contribution in [1.82, 2.24) is 15.2 Å². The van der Waals surface area contributed by atoms with Gasteiger partial charge < -0.3 is 5.32 Å². The van der Waals surface area contributed by atoms with Gasteiger partial charge in [0.1, 0.15) is 0 Å². The molecule has 1 aliphatic carbocycles. The van der Waals surface area contributed by atoms with E-state index >= 15 is 0 Å². The summed E-state index contributed by atoms with van der Waals surface area (Å²) < 4.78 is 0. The van der Waals surface area contributed by atoms with Crippen LogP contribution in [-0.2, 0) is 0 Å². The molecular weight excluding hydrogens is 236 g/mol. The molecule has 4 heteroatoms. The molecule has 0 amide bonds. The van der Waals surface area contributed by atoms with Gasteiger partial charge in [0, 0.05) is 11.6 Å². The highest BCUT2D eigenvalue weighted by Crippen LogP contribution is 2.21. The lowest BCUT2D eigenvalue weighted by Gasteiger charge is -2.14. The van der Waals surface area contributed by atoms with Crippen LogP contribution in [0.25, 0.3) is 11.4 Å². The first kappa shape index (κ1) is 12.2. The Labute approximate surface area is 113 Å². The maximum absolute atomic E-state index is 4.53. The lowest BCUT2D eigenvalue weighted by Crippen LogP contribution is -2.19. The first-order chi connectivity index (χ1) is 9.42. The Morgan fingerprint density at radius 1 is 1.00 bits per heavy atom. The van der Waals surface area contributed by atoms with Crippen molar-refractivity contribution in [3.05, 3.63) is 30.3 Å². The molecule has 1 heterocycles. The molecule has 0 unspecified atom stereocenters. The molecule has 2 N–H and O–H groups in total. The zero-order valence-corrected chi connectivity index (χ0v) is 11.1. The number of nitrogens with zero attached hydrogens (tertiary/aromatic N) is 2. The van der Waals surface area contributed by atoms with Crippen LogP contribution < -0.4 is 5.32 Å². The quantitative estimate of drug-likeness (QED) is 0.825. The highest BCUT2D eigenvalue weighted by atomic mass is 15.3. The van der Waals surface area contributed by atoms with Crippen LogP contribution in [0.15, 0.2) is 30.3 Å². The first-order valence-corrected chi connectivity index (χ1v) is 7.16. The Kier molecular flexibility index (Phi) is 3.77. The number of anilines is 1. The Balaban J connectivity index is 1.68. The van der Waals surface area contributed by atoms with Crippen LogP contribution >= 0.6 is 0 Å². The van der Waals surface area contributed by atoms with Gasteiger partial charge in [-0.15, -0.1) is 5.10 Å². The number of benzene rings is 1. The van der Waals surface area contributed by atoms with Crippen molar-refractivity contribution in [2.45, 2.75) is 44.6 Å². The Hall–Kier alpha value is -1.84. The second kappa shape index (κ2) is 5.87. The molecule has 1 aromatic heterocycles. The smallest absolute Gasteiger partial charge is 0.242 e. The Morgan fingerprint density at radius 3 is 2.47 bits per heavy atom. The van der Waals surface area contributed by atoms with Crippen molar-refractivity contribution in [2.75, 3.05) is 5.32 Å². The van der Waals surface area contributed by atoms with Crippen molar-refractivity contribution in [3.63, 3.8) is 0 Å². The van der Waals surface area contributed by atoms with Gasteiger partial charge >= 0.3 is 0 Å². The van der Waals surface area contributed by atoms with E-state index in [-0.39, 0.29) is 0 Å². The van der Waals surface area contributed by atoms with Crippen LogP contribution in [0, 0.1) is 0 Å². The molecule has 100 valence electrons. The molecule has 4 nitrogen and oxygen atoms in total. The normalized spacial score (nSPS) is 17.1. The fourth-order valence-corrected chi connectivity index (χ4v) is 2.66. The van der Waals surface area contributed by atoms with Gasteiger partial charge in [0.2, 0.25) is 5.95 Å². The van der Waals surface area contributed by atoms with Crippen LogP contribution in [0.4, 0.5) is 5.95 Å². The predicted molar refractivity (Wildman–Crippen MR) is 76.9 cm³/mol. The van der Waals surface area contributed by atoms with Gasteiger partial charge in [0.05, 0.1) is 0 Å². The monoisotopic (exact) mass is 256 g/mol. The summed E-state index contributed by atoms with van der Waals surface area (Å²) in [5.41, 5.74) is 1.07. The summed E-state index contributed by atoms with van der Waals surface area (Å²) in [6.45, 7) is 0. The van der Waals surface area contributed by atoms with Crippen molar-refractivity contribution < 1.29 is 0 Å². The van der Waals surface area contributed by atoms with Gasteiger partial charge in [-0.3, -0.25) is 5.10 Å². The summed E-state index contributed by atoms with van der Waals surface area (Å²) in [6.07, 6.45) is 7.81. The predicted octanol–water partition coefficient (Wildman–Crippen LogP) is 3.61. The summed E-state index contributed by atoms with van der Waals surface area (Å²) in [4.78, 5) is 4.53. The van der Waals surface area contributed by atoms with Crippen LogP contribution in [-0.4, -0.2) is 21.2 Å². The van der Waals surface area contributed by atoms with E-state index < -0.39 is 0 Å². The van der Waals surface area contributed by atoms with E-state index in [1.54, 1.807) is 0 Å². The maximum atomic E-state index is 4.53. The lowest BCUT2D eigenvalue weighted by molar-refractivity contribution is 0.615. The third kappa shape index (κ3) is 3.13. The average Bonchev–Trinajstić information content (AvgIpc) is 2.76. The fraction of sp³-hybridized carbons (Fsp3) is 0.467. The van der Waals surface area contributed by atoms with Gasteiger partial charge in [0.15, 0.2) is 5.82 Å². The number of aromatic nitrogens is 3. The van der Waals surface area contributed by atoms with E-state index in [0.717, 1.165) is 17.3 Å². The fourth-order valence-electron chi connectivity index (χ4n) is 2.66. The number of aromatic amines is 1. The number of rotatable bonds is 3. The highest BCUT2D eigenvalue weighted by molar-refractivity contribution is 5.55. The van der Waals surface area contributed by atoms with Gasteiger partial charge in [-0.25, -0.2) is 0 Å². The van der Waals surface area contributed by atoms with Gasteiger partial charge in [-0.05, 0) is 12.8 Å². The van der Waals surface area contributed by atoms with E-state index in [2.05, 4.69) is 20.5 Å². The minimum atomic E-state index is 0.530. The number of hydrogen-bond acceptors (Lipinski definition) is 3. The Morgan fingerprint density at radius 2 is 1.74 bits per heavy atom. The molecule has 1 fully saturated rings. The van der Waals surface area contributed by atoms with Crippen molar-refractivity contribution in [1.29, 1.82) is 0 Å². The SMILES string of the molecule is c1ccc(-c2nc(NC3CCCCCC3)n[nH]2)cc1. The van der Waals surface area contributed by atoms with Gasteiger partial charge in [0.25, 0.3) is 0 Å². The molecule has 0 spiro atoms. The Bertz CT molecular complexity index is 498. The molecule has 0 bridgehead atoms. The molecule has 0 radical (unpaired) electrons. The van der Waals surface area contributed by atoms with E-state index in [9.17, 15) is 0 Å². The van der Waals surface area contributed by atoms with Crippen LogP contribution in [0.2, 0.25) is 0 Å². The van der Waals surface area contributed by atoms with E-state index in [0.29, 0.717) is 6.04 Å². The minimum absolute atomic E-state index is 0.530. The zero-order valence-electron chi connectivity index (χ0n) is 11.1. The molecule has 0 saturated heterocycles. The zero-order chi connectivity index (χ0) is 12.9. The number of nitrogens with one attached hydrogen (secondary N) is 2. The minimum Gasteiger partial charge on any atom is -0.350 e. The second-order valence-corrected chi connectivity index (χ2v) is 5.21. The molecular formula is C15H20N4. The van der Waals surface area contributed by atoms with Crippen molar-refractivity contribution in [2.24, 2.45) is 0 Å². The van der Waals surface area contributed by atoms with E-state index in [1.807, 2.05) is 30.3 Å². The summed E-state index contributed by atoms with van der Waals surface area (Å²) in [7, 11) is 0. The molecule has 1 aromatic carbocycles. The highest BCUT2D eigenvalue weighted by Gasteiger charge is 2.14. The summed E-state index contributed by atoms with van der Waals surface area (Å²) in [6, 6.07) is 10.6. The molecule has 1 saturated carbocycles.